The number of hydrogen-bond acceptors (Lipinski definition) is 2. The lowest BCUT2D eigenvalue weighted by atomic mass is 9.33. The topological polar surface area (TPSA) is 6.48 Å². The quantitative estimate of drug-likeness (QED) is 0.160. The maximum absolute atomic E-state index is 2.75. The standard InChI is InChI=1S/C59H75BN2/c1-35-20-21-38(54(6,7)8)28-47(35)61-46-23-22-37(53(3,4)5)27-44(46)60-45-31-41-43(59(18,19)34-58(41,16)17)33-49(45)62(51-30-39(55(9,10)11)29-50(61)52(51)60)48-32-42-40(26-36(48)2)56(12,13)24-25-57(42,14)15/h20-23,26-33H,24-25,34H2,1-19H3. The molecule has 2 nitrogen and oxygen atoms in total. The summed E-state index contributed by atoms with van der Waals surface area (Å²) in [5, 5.41) is 0. The largest absolute Gasteiger partial charge is 0.311 e. The summed E-state index contributed by atoms with van der Waals surface area (Å²) in [6.45, 7) is 45.9. The van der Waals surface area contributed by atoms with Crippen LogP contribution >= 0.6 is 0 Å². The molecule has 0 saturated heterocycles. The van der Waals surface area contributed by atoms with Crippen LogP contribution in [-0.4, -0.2) is 6.71 Å². The first-order chi connectivity index (χ1) is 28.4. The summed E-state index contributed by atoms with van der Waals surface area (Å²) in [6.07, 6.45) is 3.53. The number of anilines is 6. The lowest BCUT2D eigenvalue weighted by Gasteiger charge is -2.47. The molecular weight excluding hydrogens is 747 g/mol. The smallest absolute Gasteiger partial charge is 0.252 e. The van der Waals surface area contributed by atoms with Crippen LogP contribution in [0.3, 0.4) is 0 Å². The van der Waals surface area contributed by atoms with E-state index in [0.29, 0.717) is 0 Å². The molecule has 2 heterocycles. The van der Waals surface area contributed by atoms with Gasteiger partial charge in [0.1, 0.15) is 0 Å². The van der Waals surface area contributed by atoms with Crippen LogP contribution in [0.5, 0.6) is 0 Å². The number of nitrogens with zero attached hydrogens (tertiary/aromatic N) is 2. The third kappa shape index (κ3) is 6.47. The van der Waals surface area contributed by atoms with Gasteiger partial charge >= 0.3 is 0 Å². The highest BCUT2D eigenvalue weighted by Gasteiger charge is 2.49. The number of hydrogen-bond donors (Lipinski definition) is 0. The van der Waals surface area contributed by atoms with Crippen molar-refractivity contribution in [3.05, 3.63) is 123 Å². The van der Waals surface area contributed by atoms with E-state index in [1.807, 2.05) is 0 Å². The predicted molar refractivity (Wildman–Crippen MR) is 272 cm³/mol. The Hall–Kier alpha value is -4.24. The second-order valence-corrected chi connectivity index (χ2v) is 25.9. The van der Waals surface area contributed by atoms with Gasteiger partial charge in [-0.1, -0.05) is 154 Å². The predicted octanol–water partition coefficient (Wildman–Crippen LogP) is 14.6. The first kappa shape index (κ1) is 43.0. The molecule has 0 spiro atoms. The maximum Gasteiger partial charge on any atom is 0.252 e. The van der Waals surface area contributed by atoms with Crippen molar-refractivity contribution in [1.29, 1.82) is 0 Å². The van der Waals surface area contributed by atoms with Crippen LogP contribution in [0.25, 0.3) is 0 Å². The Morgan fingerprint density at radius 3 is 1.39 bits per heavy atom. The van der Waals surface area contributed by atoms with E-state index in [4.69, 9.17) is 0 Å². The van der Waals surface area contributed by atoms with Crippen molar-refractivity contribution >= 4 is 57.2 Å². The molecule has 0 N–H and O–H groups in total. The third-order valence-electron chi connectivity index (χ3n) is 16.0. The van der Waals surface area contributed by atoms with Gasteiger partial charge in [0.2, 0.25) is 0 Å². The fourth-order valence-electron chi connectivity index (χ4n) is 12.1. The summed E-state index contributed by atoms with van der Waals surface area (Å²) < 4.78 is 0. The summed E-state index contributed by atoms with van der Waals surface area (Å²) in [5.74, 6) is 0. The molecule has 0 amide bonds. The molecule has 2 aliphatic heterocycles. The fraction of sp³-hybridized carbons (Fsp3) is 0.492. The van der Waals surface area contributed by atoms with Crippen molar-refractivity contribution in [1.82, 2.24) is 0 Å². The van der Waals surface area contributed by atoms with Crippen molar-refractivity contribution in [2.75, 3.05) is 9.80 Å². The Morgan fingerprint density at radius 1 is 0.403 bits per heavy atom. The normalized spacial score (nSPS) is 19.1. The molecule has 0 atom stereocenters. The summed E-state index contributed by atoms with van der Waals surface area (Å²) >= 11 is 0. The highest BCUT2D eigenvalue weighted by molar-refractivity contribution is 7.00. The monoisotopic (exact) mass is 823 g/mol. The van der Waals surface area contributed by atoms with E-state index >= 15 is 0 Å². The number of fused-ring (bicyclic) bond motifs is 6. The molecule has 62 heavy (non-hydrogen) atoms. The van der Waals surface area contributed by atoms with Gasteiger partial charge in [-0.2, -0.15) is 0 Å². The van der Waals surface area contributed by atoms with Crippen LogP contribution in [0.2, 0.25) is 0 Å². The van der Waals surface area contributed by atoms with E-state index in [1.165, 1.54) is 113 Å². The molecular formula is C59H75BN2. The zero-order valence-corrected chi connectivity index (χ0v) is 42.0. The molecule has 0 saturated carbocycles. The molecule has 4 aliphatic rings. The van der Waals surface area contributed by atoms with Gasteiger partial charge in [-0.25, -0.2) is 0 Å². The third-order valence-corrected chi connectivity index (χ3v) is 16.0. The summed E-state index contributed by atoms with van der Waals surface area (Å²) in [4.78, 5) is 5.43. The zero-order chi connectivity index (χ0) is 45.2. The van der Waals surface area contributed by atoms with Gasteiger partial charge in [0.25, 0.3) is 6.71 Å². The van der Waals surface area contributed by atoms with Gasteiger partial charge in [-0.3, -0.25) is 0 Å². The van der Waals surface area contributed by atoms with Crippen LogP contribution in [0.15, 0.2) is 72.8 Å². The van der Waals surface area contributed by atoms with E-state index in [1.54, 1.807) is 0 Å². The van der Waals surface area contributed by atoms with Gasteiger partial charge in [0.05, 0.1) is 0 Å². The first-order valence-corrected chi connectivity index (χ1v) is 23.8. The maximum atomic E-state index is 2.75. The lowest BCUT2D eigenvalue weighted by molar-refractivity contribution is 0.332. The summed E-state index contributed by atoms with van der Waals surface area (Å²) in [6, 6.07) is 30.4. The fourth-order valence-corrected chi connectivity index (χ4v) is 12.1. The lowest BCUT2D eigenvalue weighted by Crippen LogP contribution is -2.62. The number of rotatable bonds is 2. The van der Waals surface area contributed by atoms with Crippen LogP contribution in [-0.2, 0) is 37.9 Å². The van der Waals surface area contributed by atoms with Crippen LogP contribution in [0, 0.1) is 13.8 Å². The SMILES string of the molecule is Cc1ccc(C(C)(C)C)cc1N1c2ccc(C(C)(C)C)cc2B2c3cc4c(cc3N(c3cc5c(cc3C)C(C)(C)CCC5(C)C)c3cc(C(C)(C)C)cc1c32)C(C)(C)CC4(C)C. The van der Waals surface area contributed by atoms with Gasteiger partial charge in [0.15, 0.2) is 0 Å². The molecule has 0 radical (unpaired) electrons. The van der Waals surface area contributed by atoms with Crippen molar-refractivity contribution in [2.45, 2.75) is 189 Å². The Morgan fingerprint density at radius 2 is 0.823 bits per heavy atom. The van der Waals surface area contributed by atoms with Crippen molar-refractivity contribution in [3.8, 4) is 0 Å². The van der Waals surface area contributed by atoms with Gasteiger partial charge in [-0.05, 0) is 174 Å². The molecule has 9 rings (SSSR count). The number of aryl methyl sites for hydroxylation is 2. The van der Waals surface area contributed by atoms with E-state index in [-0.39, 0.29) is 44.6 Å². The molecule has 5 aromatic carbocycles. The van der Waals surface area contributed by atoms with Gasteiger partial charge < -0.3 is 9.80 Å². The van der Waals surface area contributed by atoms with Gasteiger partial charge in [0, 0.05) is 34.1 Å². The minimum Gasteiger partial charge on any atom is -0.311 e. The van der Waals surface area contributed by atoms with Crippen molar-refractivity contribution in [3.63, 3.8) is 0 Å². The average molecular weight is 823 g/mol. The van der Waals surface area contributed by atoms with Crippen molar-refractivity contribution < 1.29 is 0 Å². The second-order valence-electron chi connectivity index (χ2n) is 25.9. The highest BCUT2D eigenvalue weighted by atomic mass is 15.2. The minimum absolute atomic E-state index is 0.00453. The Kier molecular flexibility index (Phi) is 9.14. The Balaban J connectivity index is 1.47. The Bertz CT molecular complexity index is 2700. The number of benzene rings is 5. The van der Waals surface area contributed by atoms with E-state index in [2.05, 4.69) is 214 Å². The summed E-state index contributed by atoms with van der Waals surface area (Å²) in [7, 11) is 0. The molecule has 0 fully saturated rings. The molecule has 5 aromatic rings. The van der Waals surface area contributed by atoms with Crippen molar-refractivity contribution in [2.24, 2.45) is 0 Å². The summed E-state index contributed by atoms with van der Waals surface area (Å²) in [5.41, 5.74) is 25.3. The van der Waals surface area contributed by atoms with Gasteiger partial charge in [-0.15, -0.1) is 0 Å². The van der Waals surface area contributed by atoms with Crippen LogP contribution in [0.1, 0.15) is 187 Å². The van der Waals surface area contributed by atoms with E-state index in [9.17, 15) is 0 Å². The second kappa shape index (κ2) is 13.2. The Labute approximate surface area is 377 Å². The first-order valence-electron chi connectivity index (χ1n) is 23.8. The van der Waals surface area contributed by atoms with E-state index in [0.717, 1.165) is 6.42 Å². The van der Waals surface area contributed by atoms with Crippen LogP contribution < -0.4 is 26.2 Å². The highest BCUT2D eigenvalue weighted by Crippen LogP contribution is 2.55. The zero-order valence-electron chi connectivity index (χ0n) is 42.0. The van der Waals surface area contributed by atoms with Crippen LogP contribution in [0.4, 0.5) is 34.1 Å². The molecule has 3 heteroatoms. The molecule has 0 bridgehead atoms. The molecule has 0 unspecified atom stereocenters. The molecule has 0 aromatic heterocycles. The van der Waals surface area contributed by atoms with E-state index < -0.39 is 0 Å². The minimum atomic E-state index is -0.0851. The average Bonchev–Trinajstić information content (AvgIpc) is 3.33. The molecule has 2 aliphatic carbocycles. The molecule has 324 valence electrons.